The summed E-state index contributed by atoms with van der Waals surface area (Å²) < 4.78 is 15.0. The first-order chi connectivity index (χ1) is 11.9. The minimum atomic E-state index is -1.06. The zero-order chi connectivity index (χ0) is 18.0. The van der Waals surface area contributed by atoms with Crippen LogP contribution in [0.5, 0.6) is 0 Å². The van der Waals surface area contributed by atoms with Gasteiger partial charge in [0.15, 0.2) is 0 Å². The second-order valence-electron chi connectivity index (χ2n) is 6.94. The fourth-order valence-corrected chi connectivity index (χ4v) is 3.24. The standard InChI is InChI=1S/C18H22FN5O/c1-13(2)24-11-17(21-22-24)18(25)6-3-7-23(12-18)10-14-4-5-16(19)8-15(14)9-20/h4-5,8,11,13,25H,3,6-7,10,12H2,1-2H3/t18-/m0/s1. The number of piperidine rings is 1. The Morgan fingerprint density at radius 1 is 1.44 bits per heavy atom. The molecule has 1 N–H and O–H groups in total. The Kier molecular flexibility index (Phi) is 4.84. The molecule has 7 heteroatoms. The number of halogens is 1. The van der Waals surface area contributed by atoms with E-state index in [9.17, 15) is 14.8 Å². The fraction of sp³-hybridized carbons (Fsp3) is 0.500. The van der Waals surface area contributed by atoms with E-state index < -0.39 is 11.4 Å². The first-order valence-electron chi connectivity index (χ1n) is 8.47. The lowest BCUT2D eigenvalue weighted by Gasteiger charge is -2.38. The minimum absolute atomic E-state index is 0.182. The zero-order valence-corrected chi connectivity index (χ0v) is 14.5. The van der Waals surface area contributed by atoms with E-state index in [1.807, 2.05) is 19.9 Å². The summed E-state index contributed by atoms with van der Waals surface area (Å²) >= 11 is 0. The van der Waals surface area contributed by atoms with E-state index >= 15 is 0 Å². The van der Waals surface area contributed by atoms with Crippen LogP contribution in [0.1, 0.15) is 49.6 Å². The van der Waals surface area contributed by atoms with Crippen LogP contribution < -0.4 is 0 Å². The number of rotatable bonds is 4. The van der Waals surface area contributed by atoms with Crippen molar-refractivity contribution in [1.82, 2.24) is 19.9 Å². The lowest BCUT2D eigenvalue weighted by molar-refractivity contribution is -0.0414. The normalized spacial score (nSPS) is 21.4. The molecule has 2 heterocycles. The van der Waals surface area contributed by atoms with Crippen LogP contribution in [0.4, 0.5) is 4.39 Å². The highest BCUT2D eigenvalue weighted by molar-refractivity contribution is 5.38. The molecule has 0 amide bonds. The Balaban J connectivity index is 1.78. The van der Waals surface area contributed by atoms with Crippen LogP contribution in [-0.2, 0) is 12.1 Å². The number of nitriles is 1. The third kappa shape index (κ3) is 3.70. The molecule has 0 unspecified atom stereocenters. The van der Waals surface area contributed by atoms with Crippen molar-refractivity contribution in [3.63, 3.8) is 0 Å². The van der Waals surface area contributed by atoms with Crippen LogP contribution in [0.2, 0.25) is 0 Å². The van der Waals surface area contributed by atoms with Gasteiger partial charge in [0, 0.05) is 19.1 Å². The summed E-state index contributed by atoms with van der Waals surface area (Å²) in [5.41, 5.74) is 0.613. The van der Waals surface area contributed by atoms with Crippen LogP contribution in [0.15, 0.2) is 24.4 Å². The van der Waals surface area contributed by atoms with Crippen molar-refractivity contribution in [3.05, 3.63) is 47.0 Å². The average molecular weight is 343 g/mol. The maximum atomic E-state index is 13.3. The van der Waals surface area contributed by atoms with Gasteiger partial charge in [0.1, 0.15) is 17.1 Å². The minimum Gasteiger partial charge on any atom is -0.382 e. The molecule has 1 aromatic heterocycles. The maximum absolute atomic E-state index is 13.3. The van der Waals surface area contributed by atoms with Gasteiger partial charge in [-0.1, -0.05) is 11.3 Å². The van der Waals surface area contributed by atoms with E-state index in [0.717, 1.165) is 18.5 Å². The topological polar surface area (TPSA) is 78.0 Å². The highest BCUT2D eigenvalue weighted by Crippen LogP contribution is 2.31. The summed E-state index contributed by atoms with van der Waals surface area (Å²) in [7, 11) is 0. The first kappa shape index (κ1) is 17.5. The van der Waals surface area contributed by atoms with Gasteiger partial charge in [-0.2, -0.15) is 5.26 Å². The van der Waals surface area contributed by atoms with Crippen LogP contribution >= 0.6 is 0 Å². The second kappa shape index (κ2) is 6.90. The summed E-state index contributed by atoms with van der Waals surface area (Å²) in [4.78, 5) is 2.08. The van der Waals surface area contributed by atoms with Crippen molar-refractivity contribution in [2.45, 2.75) is 44.9 Å². The van der Waals surface area contributed by atoms with Gasteiger partial charge >= 0.3 is 0 Å². The average Bonchev–Trinajstić information content (AvgIpc) is 3.08. The van der Waals surface area contributed by atoms with Crippen LogP contribution in [0.25, 0.3) is 0 Å². The Labute approximate surface area is 146 Å². The molecule has 2 aromatic rings. The zero-order valence-electron chi connectivity index (χ0n) is 14.5. The van der Waals surface area contributed by atoms with E-state index in [4.69, 9.17) is 0 Å². The molecule has 3 rings (SSSR count). The van der Waals surface area contributed by atoms with Crippen LogP contribution in [0.3, 0.4) is 0 Å². The SMILES string of the molecule is CC(C)n1cc([C@]2(O)CCCN(Cc3ccc(F)cc3C#N)C2)nn1. The van der Waals surface area contributed by atoms with Gasteiger partial charge in [-0.15, -0.1) is 5.10 Å². The monoisotopic (exact) mass is 343 g/mol. The van der Waals surface area contributed by atoms with E-state index in [1.165, 1.54) is 12.1 Å². The molecule has 1 aromatic carbocycles. The van der Waals surface area contributed by atoms with E-state index in [0.29, 0.717) is 30.8 Å². The number of β-amino-alcohol motifs (C(OH)–C–C–N with tert-alkyl or cyclic N) is 1. The fourth-order valence-electron chi connectivity index (χ4n) is 3.24. The molecule has 0 aliphatic carbocycles. The molecule has 0 spiro atoms. The lowest BCUT2D eigenvalue weighted by Crippen LogP contribution is -2.46. The molecule has 0 radical (unpaired) electrons. The van der Waals surface area contributed by atoms with Crippen LogP contribution in [0, 0.1) is 17.1 Å². The van der Waals surface area contributed by atoms with Crippen molar-refractivity contribution in [2.75, 3.05) is 13.1 Å². The Bertz CT molecular complexity index is 797. The quantitative estimate of drug-likeness (QED) is 0.922. The number of nitrogens with zero attached hydrogens (tertiary/aromatic N) is 5. The van der Waals surface area contributed by atoms with E-state index in [1.54, 1.807) is 16.9 Å². The molecule has 132 valence electrons. The molecular weight excluding hydrogens is 321 g/mol. The Morgan fingerprint density at radius 2 is 2.24 bits per heavy atom. The number of hydrogen-bond acceptors (Lipinski definition) is 5. The van der Waals surface area contributed by atoms with Crippen molar-refractivity contribution in [2.24, 2.45) is 0 Å². The summed E-state index contributed by atoms with van der Waals surface area (Å²) in [5, 5.41) is 28.5. The number of benzene rings is 1. The van der Waals surface area contributed by atoms with Crippen molar-refractivity contribution >= 4 is 0 Å². The summed E-state index contributed by atoms with van der Waals surface area (Å²) in [5.74, 6) is -0.416. The first-order valence-corrected chi connectivity index (χ1v) is 8.47. The number of aliphatic hydroxyl groups is 1. The number of hydrogen-bond donors (Lipinski definition) is 1. The Hall–Kier alpha value is -2.30. The summed E-state index contributed by atoms with van der Waals surface area (Å²) in [6.07, 6.45) is 3.23. The predicted octanol–water partition coefficient (Wildman–Crippen LogP) is 2.35. The number of likely N-dealkylation sites (tertiary alicyclic amines) is 1. The predicted molar refractivity (Wildman–Crippen MR) is 89.9 cm³/mol. The molecule has 25 heavy (non-hydrogen) atoms. The van der Waals surface area contributed by atoms with E-state index in [-0.39, 0.29) is 6.04 Å². The maximum Gasteiger partial charge on any atom is 0.124 e. The number of aromatic nitrogens is 3. The summed E-state index contributed by atoms with van der Waals surface area (Å²) in [6, 6.07) is 6.47. The third-order valence-corrected chi connectivity index (χ3v) is 4.65. The van der Waals surface area contributed by atoms with Crippen molar-refractivity contribution in [1.29, 1.82) is 5.26 Å². The van der Waals surface area contributed by atoms with Gasteiger partial charge in [0.25, 0.3) is 0 Å². The molecule has 1 aliphatic heterocycles. The molecule has 1 atom stereocenters. The molecule has 6 nitrogen and oxygen atoms in total. The summed E-state index contributed by atoms with van der Waals surface area (Å²) in [6.45, 7) is 5.72. The molecule has 1 aliphatic rings. The van der Waals surface area contributed by atoms with Crippen LogP contribution in [-0.4, -0.2) is 38.1 Å². The molecule has 0 saturated carbocycles. The third-order valence-electron chi connectivity index (χ3n) is 4.65. The van der Waals surface area contributed by atoms with Gasteiger partial charge in [-0.3, -0.25) is 4.90 Å². The molecule has 0 bridgehead atoms. The van der Waals surface area contributed by atoms with Gasteiger partial charge < -0.3 is 5.11 Å². The van der Waals surface area contributed by atoms with Crippen molar-refractivity contribution < 1.29 is 9.50 Å². The second-order valence-corrected chi connectivity index (χ2v) is 6.94. The highest BCUT2D eigenvalue weighted by atomic mass is 19.1. The van der Waals surface area contributed by atoms with Gasteiger partial charge in [-0.25, -0.2) is 9.07 Å². The van der Waals surface area contributed by atoms with Crippen molar-refractivity contribution in [3.8, 4) is 6.07 Å². The molecule has 1 saturated heterocycles. The smallest absolute Gasteiger partial charge is 0.124 e. The van der Waals surface area contributed by atoms with Gasteiger partial charge in [-0.05, 0) is 50.9 Å². The van der Waals surface area contributed by atoms with Gasteiger partial charge in [0.2, 0.25) is 0 Å². The van der Waals surface area contributed by atoms with Gasteiger partial charge in [0.05, 0.1) is 17.8 Å². The molecular formula is C18H22FN5O. The highest BCUT2D eigenvalue weighted by Gasteiger charge is 2.37. The lowest BCUT2D eigenvalue weighted by atomic mass is 9.89. The molecule has 1 fully saturated rings. The van der Waals surface area contributed by atoms with E-state index in [2.05, 4.69) is 15.2 Å². The Morgan fingerprint density at radius 3 is 2.92 bits per heavy atom. The largest absolute Gasteiger partial charge is 0.382 e.